The lowest BCUT2D eigenvalue weighted by molar-refractivity contribution is 0.640. The minimum atomic E-state index is 0.679. The fourth-order valence-corrected chi connectivity index (χ4v) is 3.80. The highest BCUT2D eigenvalue weighted by atomic mass is 35.5. The van der Waals surface area contributed by atoms with Crippen LogP contribution in [0.5, 0.6) is 0 Å². The Morgan fingerprint density at radius 2 is 1.60 bits per heavy atom. The molecule has 1 aliphatic rings. The van der Waals surface area contributed by atoms with E-state index in [1.807, 2.05) is 50.2 Å². The van der Waals surface area contributed by atoms with Crippen molar-refractivity contribution in [3.63, 3.8) is 0 Å². The van der Waals surface area contributed by atoms with Gasteiger partial charge in [-0.05, 0) is 36.8 Å². The quantitative estimate of drug-likeness (QED) is 0.649. The maximum Gasteiger partial charge on any atom is 0.229 e. The number of hydrogen-bond donors (Lipinski definition) is 1. The molecule has 6 nitrogen and oxygen atoms in total. The van der Waals surface area contributed by atoms with Gasteiger partial charge >= 0.3 is 0 Å². The third kappa shape index (κ3) is 4.60. The molecular weight excluding hydrogens is 396 g/mol. The molecule has 3 aromatic rings. The Bertz CT molecular complexity index is 1000. The summed E-state index contributed by atoms with van der Waals surface area (Å²) in [5.41, 5.74) is 3.22. The Morgan fingerprint density at radius 3 is 2.27 bits per heavy atom. The van der Waals surface area contributed by atoms with Crippen LogP contribution in [0.25, 0.3) is 0 Å². The van der Waals surface area contributed by atoms with Crippen molar-refractivity contribution in [2.75, 3.05) is 60.3 Å². The van der Waals surface area contributed by atoms with Crippen LogP contribution in [-0.4, -0.2) is 50.2 Å². The molecule has 0 unspecified atom stereocenters. The summed E-state index contributed by atoms with van der Waals surface area (Å²) in [6, 6.07) is 18.4. The van der Waals surface area contributed by atoms with Crippen LogP contribution in [0.3, 0.4) is 0 Å². The van der Waals surface area contributed by atoms with Crippen molar-refractivity contribution in [1.29, 1.82) is 0 Å². The third-order valence-corrected chi connectivity index (χ3v) is 5.54. The normalized spacial score (nSPS) is 14.0. The smallest absolute Gasteiger partial charge is 0.229 e. The van der Waals surface area contributed by atoms with E-state index in [0.29, 0.717) is 5.02 Å². The lowest BCUT2D eigenvalue weighted by atomic mass is 10.2. The lowest BCUT2D eigenvalue weighted by Crippen LogP contribution is -2.47. The third-order valence-electron chi connectivity index (χ3n) is 5.23. The summed E-state index contributed by atoms with van der Waals surface area (Å²) in [6.07, 6.45) is 0. The average molecular weight is 423 g/mol. The molecule has 0 aliphatic carbocycles. The van der Waals surface area contributed by atoms with Crippen LogP contribution in [0.2, 0.25) is 5.02 Å². The predicted molar refractivity (Wildman–Crippen MR) is 127 cm³/mol. The van der Waals surface area contributed by atoms with Crippen LogP contribution >= 0.6 is 11.6 Å². The maximum absolute atomic E-state index is 6.41. The summed E-state index contributed by atoms with van der Waals surface area (Å²) in [4.78, 5) is 16.2. The molecule has 0 saturated carbocycles. The molecule has 0 radical (unpaired) electrons. The molecule has 2 aromatic carbocycles. The molecule has 1 saturated heterocycles. The number of aryl methyl sites for hydroxylation is 1. The van der Waals surface area contributed by atoms with Gasteiger partial charge in [-0.2, -0.15) is 9.97 Å². The highest BCUT2D eigenvalue weighted by molar-refractivity contribution is 6.33. The molecule has 1 aromatic heterocycles. The number of nitrogens with zero attached hydrogens (tertiary/aromatic N) is 5. The summed E-state index contributed by atoms with van der Waals surface area (Å²) in [6.45, 7) is 5.64. The van der Waals surface area contributed by atoms with Gasteiger partial charge in [-0.25, -0.2) is 0 Å². The molecular formula is C23H27ClN6. The minimum Gasteiger partial charge on any atom is -0.368 e. The van der Waals surface area contributed by atoms with Gasteiger partial charge in [-0.3, -0.25) is 0 Å². The Morgan fingerprint density at radius 1 is 0.900 bits per heavy atom. The molecule has 1 N–H and O–H groups in total. The minimum absolute atomic E-state index is 0.679. The molecule has 1 aliphatic heterocycles. The van der Waals surface area contributed by atoms with Crippen molar-refractivity contribution in [2.45, 2.75) is 6.92 Å². The summed E-state index contributed by atoms with van der Waals surface area (Å²) < 4.78 is 0. The highest BCUT2D eigenvalue weighted by Gasteiger charge is 2.21. The molecule has 0 spiro atoms. The molecule has 7 heteroatoms. The van der Waals surface area contributed by atoms with Crippen LogP contribution in [-0.2, 0) is 0 Å². The SMILES string of the molecule is Cc1ccc(Nc2cc(N(C)C)nc(N3CCN(c4ccccc4)CC3)n2)c(Cl)c1. The molecule has 0 amide bonds. The zero-order chi connectivity index (χ0) is 21.1. The molecule has 2 heterocycles. The van der Waals surface area contributed by atoms with Crippen LogP contribution in [0.1, 0.15) is 5.56 Å². The number of rotatable bonds is 5. The number of aromatic nitrogens is 2. The summed E-state index contributed by atoms with van der Waals surface area (Å²) in [5, 5.41) is 4.04. The van der Waals surface area contributed by atoms with Crippen molar-refractivity contribution >= 4 is 40.6 Å². The summed E-state index contributed by atoms with van der Waals surface area (Å²) in [5.74, 6) is 2.33. The number of benzene rings is 2. The Hall–Kier alpha value is -2.99. The fraction of sp³-hybridized carbons (Fsp3) is 0.304. The van der Waals surface area contributed by atoms with Crippen molar-refractivity contribution in [2.24, 2.45) is 0 Å². The van der Waals surface area contributed by atoms with Crippen molar-refractivity contribution in [1.82, 2.24) is 9.97 Å². The van der Waals surface area contributed by atoms with E-state index in [2.05, 4.69) is 45.4 Å². The van der Waals surface area contributed by atoms with Crippen LogP contribution in [0.4, 0.5) is 29.0 Å². The van der Waals surface area contributed by atoms with E-state index in [9.17, 15) is 0 Å². The monoisotopic (exact) mass is 422 g/mol. The largest absolute Gasteiger partial charge is 0.368 e. The van der Waals surface area contributed by atoms with Crippen LogP contribution < -0.4 is 20.0 Å². The summed E-state index contributed by atoms with van der Waals surface area (Å²) in [7, 11) is 3.98. The van der Waals surface area contributed by atoms with Gasteiger partial charge in [0.25, 0.3) is 0 Å². The first kappa shape index (κ1) is 20.3. The molecule has 156 valence electrons. The highest BCUT2D eigenvalue weighted by Crippen LogP contribution is 2.28. The van der Waals surface area contributed by atoms with Crippen molar-refractivity contribution < 1.29 is 0 Å². The number of nitrogens with one attached hydrogen (secondary N) is 1. The van der Waals surface area contributed by atoms with Crippen molar-refractivity contribution in [3.05, 3.63) is 65.2 Å². The zero-order valence-corrected chi connectivity index (χ0v) is 18.4. The molecule has 0 atom stereocenters. The summed E-state index contributed by atoms with van der Waals surface area (Å²) >= 11 is 6.41. The van der Waals surface area contributed by atoms with E-state index in [1.54, 1.807) is 0 Å². The maximum atomic E-state index is 6.41. The first-order valence-electron chi connectivity index (χ1n) is 10.1. The first-order valence-corrected chi connectivity index (χ1v) is 10.5. The number of hydrogen-bond acceptors (Lipinski definition) is 6. The second-order valence-electron chi connectivity index (χ2n) is 7.72. The number of halogens is 1. The predicted octanol–water partition coefficient (Wildman–Crippen LogP) is 4.57. The molecule has 1 fully saturated rings. The van der Waals surface area contributed by atoms with Crippen LogP contribution in [0, 0.1) is 6.92 Å². The molecule has 30 heavy (non-hydrogen) atoms. The van der Waals surface area contributed by atoms with E-state index in [-0.39, 0.29) is 0 Å². The van der Waals surface area contributed by atoms with Gasteiger partial charge in [0.2, 0.25) is 5.95 Å². The Balaban J connectivity index is 1.54. The van der Waals surface area contributed by atoms with E-state index in [4.69, 9.17) is 21.6 Å². The van der Waals surface area contributed by atoms with Crippen LogP contribution in [0.15, 0.2) is 54.6 Å². The van der Waals surface area contributed by atoms with E-state index in [1.165, 1.54) is 5.69 Å². The van der Waals surface area contributed by atoms with Gasteiger partial charge in [0.15, 0.2) is 0 Å². The second-order valence-corrected chi connectivity index (χ2v) is 8.13. The van der Waals surface area contributed by atoms with E-state index >= 15 is 0 Å². The van der Waals surface area contributed by atoms with Crippen molar-refractivity contribution in [3.8, 4) is 0 Å². The fourth-order valence-electron chi connectivity index (χ4n) is 3.52. The Labute approximate surface area is 183 Å². The van der Waals surface area contributed by atoms with Gasteiger partial charge in [0, 0.05) is 52.0 Å². The number of piperazine rings is 1. The number of para-hydroxylation sites is 1. The van der Waals surface area contributed by atoms with Gasteiger partial charge in [-0.1, -0.05) is 35.9 Å². The first-order chi connectivity index (χ1) is 14.5. The zero-order valence-electron chi connectivity index (χ0n) is 17.6. The average Bonchev–Trinajstić information content (AvgIpc) is 2.76. The second kappa shape index (κ2) is 8.79. The van der Waals surface area contributed by atoms with Gasteiger partial charge < -0.3 is 20.0 Å². The standard InChI is InChI=1S/C23H27ClN6/c1-17-9-10-20(19(24)15-17)25-21-16-22(28(2)3)27-23(26-21)30-13-11-29(12-14-30)18-7-5-4-6-8-18/h4-10,15-16H,11-14H2,1-3H3,(H,25,26,27). The van der Waals surface area contributed by atoms with E-state index in [0.717, 1.165) is 55.0 Å². The topological polar surface area (TPSA) is 47.5 Å². The van der Waals surface area contributed by atoms with Gasteiger partial charge in [-0.15, -0.1) is 0 Å². The molecule has 0 bridgehead atoms. The molecule has 4 rings (SSSR count). The Kier molecular flexibility index (Phi) is 5.95. The number of anilines is 5. The van der Waals surface area contributed by atoms with Gasteiger partial charge in [0.05, 0.1) is 10.7 Å². The lowest BCUT2D eigenvalue weighted by Gasteiger charge is -2.36. The van der Waals surface area contributed by atoms with Gasteiger partial charge in [0.1, 0.15) is 11.6 Å². The van der Waals surface area contributed by atoms with E-state index < -0.39 is 0 Å².